The van der Waals surface area contributed by atoms with Crippen LogP contribution in [0.5, 0.6) is 0 Å². The van der Waals surface area contributed by atoms with Crippen LogP contribution in [0.1, 0.15) is 30.0 Å². The van der Waals surface area contributed by atoms with Crippen LogP contribution < -0.4 is 11.1 Å². The van der Waals surface area contributed by atoms with E-state index in [-0.39, 0.29) is 6.04 Å². The first-order valence-corrected chi connectivity index (χ1v) is 6.81. The molecule has 3 N–H and O–H groups in total. The second kappa shape index (κ2) is 6.78. The van der Waals surface area contributed by atoms with Gasteiger partial charge in [0.2, 0.25) is 0 Å². The predicted octanol–water partition coefficient (Wildman–Crippen LogP) is 2.48. The van der Waals surface area contributed by atoms with Gasteiger partial charge in [-0.1, -0.05) is 0 Å². The molecule has 1 unspecified atom stereocenters. The van der Waals surface area contributed by atoms with Gasteiger partial charge in [0.25, 0.3) is 0 Å². The highest BCUT2D eigenvalue weighted by Gasteiger charge is 2.16. The first-order chi connectivity index (χ1) is 10.1. The number of anilines is 2. The van der Waals surface area contributed by atoms with E-state index in [2.05, 4.69) is 10.3 Å². The van der Waals surface area contributed by atoms with E-state index >= 15 is 0 Å². The first-order valence-electron chi connectivity index (χ1n) is 6.81. The highest BCUT2D eigenvalue weighted by Crippen LogP contribution is 2.18. The fourth-order valence-electron chi connectivity index (χ4n) is 1.98. The highest BCUT2D eigenvalue weighted by molar-refractivity contribution is 5.95. The molecule has 0 aliphatic rings. The summed E-state index contributed by atoms with van der Waals surface area (Å²) in [5.74, 6) is 0.884. The van der Waals surface area contributed by atoms with Crippen molar-refractivity contribution in [2.45, 2.75) is 26.3 Å². The van der Waals surface area contributed by atoms with Crippen molar-refractivity contribution in [3.8, 4) is 0 Å². The number of pyridine rings is 1. The van der Waals surface area contributed by atoms with Crippen LogP contribution >= 0.6 is 0 Å². The van der Waals surface area contributed by atoms with Crippen molar-refractivity contribution in [3.05, 3.63) is 42.0 Å². The van der Waals surface area contributed by atoms with Gasteiger partial charge in [-0.25, -0.2) is 9.78 Å². The number of hydrogen-bond acceptors (Lipinski definition) is 6. The van der Waals surface area contributed by atoms with E-state index in [0.29, 0.717) is 30.1 Å². The molecule has 2 aromatic heterocycles. The van der Waals surface area contributed by atoms with Gasteiger partial charge in [-0.05, 0) is 32.0 Å². The standard InChI is InChI=1S/C15H19N3O3/c1-3-20-15(19)13-8-11(16)9-17-14(13)18-10(2)7-12-5-4-6-21-12/h4-6,8-10H,3,7,16H2,1-2H3,(H,17,18). The zero-order valence-corrected chi connectivity index (χ0v) is 12.1. The summed E-state index contributed by atoms with van der Waals surface area (Å²) in [6.45, 7) is 4.04. The first kappa shape index (κ1) is 14.9. The molecule has 6 heteroatoms. The van der Waals surface area contributed by atoms with Crippen molar-refractivity contribution < 1.29 is 13.9 Å². The van der Waals surface area contributed by atoms with Crippen LogP contribution in [0, 0.1) is 0 Å². The Bertz CT molecular complexity index is 596. The van der Waals surface area contributed by atoms with E-state index in [9.17, 15) is 4.79 Å². The number of carbonyl (C=O) groups is 1. The fraction of sp³-hybridized carbons (Fsp3) is 0.333. The Morgan fingerprint density at radius 3 is 3.05 bits per heavy atom. The van der Waals surface area contributed by atoms with E-state index in [1.54, 1.807) is 19.3 Å². The molecular weight excluding hydrogens is 270 g/mol. The smallest absolute Gasteiger partial charge is 0.341 e. The molecule has 6 nitrogen and oxygen atoms in total. The molecule has 0 spiro atoms. The third-order valence-corrected chi connectivity index (χ3v) is 2.87. The average molecular weight is 289 g/mol. The number of aromatic nitrogens is 1. The summed E-state index contributed by atoms with van der Waals surface area (Å²) >= 11 is 0. The lowest BCUT2D eigenvalue weighted by molar-refractivity contribution is 0.0527. The molecule has 112 valence electrons. The zero-order chi connectivity index (χ0) is 15.2. The Morgan fingerprint density at radius 2 is 2.38 bits per heavy atom. The number of nitrogens with zero attached hydrogens (tertiary/aromatic N) is 1. The summed E-state index contributed by atoms with van der Waals surface area (Å²) in [7, 11) is 0. The van der Waals surface area contributed by atoms with Crippen molar-refractivity contribution >= 4 is 17.5 Å². The summed E-state index contributed by atoms with van der Waals surface area (Å²) in [5, 5.41) is 3.19. The van der Waals surface area contributed by atoms with Gasteiger partial charge in [-0.3, -0.25) is 0 Å². The number of nitrogens with one attached hydrogen (secondary N) is 1. The lowest BCUT2D eigenvalue weighted by Crippen LogP contribution is -2.21. The molecule has 0 amide bonds. The normalized spacial score (nSPS) is 11.9. The zero-order valence-electron chi connectivity index (χ0n) is 12.1. The summed E-state index contributed by atoms with van der Waals surface area (Å²) in [4.78, 5) is 16.1. The fourth-order valence-corrected chi connectivity index (χ4v) is 1.98. The molecule has 0 aromatic carbocycles. The van der Waals surface area contributed by atoms with Crippen LogP contribution in [0.4, 0.5) is 11.5 Å². The molecule has 0 saturated heterocycles. The van der Waals surface area contributed by atoms with Gasteiger partial charge in [0, 0.05) is 12.5 Å². The molecule has 1 atom stereocenters. The summed E-state index contributed by atoms with van der Waals surface area (Å²) in [5.41, 5.74) is 6.44. The van der Waals surface area contributed by atoms with Crippen LogP contribution in [0.2, 0.25) is 0 Å². The van der Waals surface area contributed by atoms with Crippen LogP contribution in [0.25, 0.3) is 0 Å². The minimum absolute atomic E-state index is 0.0421. The largest absolute Gasteiger partial charge is 0.469 e. The summed E-state index contributed by atoms with van der Waals surface area (Å²) in [6, 6.07) is 5.35. The second-order valence-corrected chi connectivity index (χ2v) is 4.71. The number of hydrogen-bond donors (Lipinski definition) is 2. The number of nitrogen functional groups attached to an aromatic ring is 1. The minimum atomic E-state index is -0.440. The van der Waals surface area contributed by atoms with Gasteiger partial charge in [-0.2, -0.15) is 0 Å². The maximum absolute atomic E-state index is 11.9. The predicted molar refractivity (Wildman–Crippen MR) is 80.1 cm³/mol. The van der Waals surface area contributed by atoms with Crippen LogP contribution in [0.3, 0.4) is 0 Å². The van der Waals surface area contributed by atoms with E-state index < -0.39 is 5.97 Å². The van der Waals surface area contributed by atoms with E-state index in [4.69, 9.17) is 14.9 Å². The van der Waals surface area contributed by atoms with E-state index in [1.807, 2.05) is 19.1 Å². The van der Waals surface area contributed by atoms with Gasteiger partial charge >= 0.3 is 5.97 Å². The molecule has 21 heavy (non-hydrogen) atoms. The number of carbonyl (C=O) groups excluding carboxylic acids is 1. The molecule has 0 bridgehead atoms. The Hall–Kier alpha value is -2.50. The van der Waals surface area contributed by atoms with Crippen molar-refractivity contribution in [1.82, 2.24) is 4.98 Å². The highest BCUT2D eigenvalue weighted by atomic mass is 16.5. The molecule has 0 fully saturated rings. The van der Waals surface area contributed by atoms with Gasteiger partial charge in [0.1, 0.15) is 17.1 Å². The molecular formula is C15H19N3O3. The van der Waals surface area contributed by atoms with Gasteiger partial charge in [0.15, 0.2) is 0 Å². The topological polar surface area (TPSA) is 90.4 Å². The molecule has 0 aliphatic carbocycles. The van der Waals surface area contributed by atoms with E-state index in [0.717, 1.165) is 5.76 Å². The average Bonchev–Trinajstić information content (AvgIpc) is 2.93. The van der Waals surface area contributed by atoms with Crippen LogP contribution in [-0.4, -0.2) is 23.6 Å². The van der Waals surface area contributed by atoms with Crippen molar-refractivity contribution in [2.75, 3.05) is 17.7 Å². The third-order valence-electron chi connectivity index (χ3n) is 2.87. The maximum Gasteiger partial charge on any atom is 0.341 e. The molecule has 0 radical (unpaired) electrons. The van der Waals surface area contributed by atoms with Gasteiger partial charge in [-0.15, -0.1) is 0 Å². The monoisotopic (exact) mass is 289 g/mol. The molecule has 0 aliphatic heterocycles. The lowest BCUT2D eigenvalue weighted by atomic mass is 10.1. The Kier molecular flexibility index (Phi) is 4.81. The third kappa shape index (κ3) is 3.98. The Morgan fingerprint density at radius 1 is 1.57 bits per heavy atom. The van der Waals surface area contributed by atoms with Crippen LogP contribution in [0.15, 0.2) is 35.1 Å². The van der Waals surface area contributed by atoms with Crippen molar-refractivity contribution in [1.29, 1.82) is 0 Å². The quantitative estimate of drug-likeness (QED) is 0.794. The van der Waals surface area contributed by atoms with Crippen molar-refractivity contribution in [2.24, 2.45) is 0 Å². The summed E-state index contributed by atoms with van der Waals surface area (Å²) in [6.07, 6.45) is 3.82. The van der Waals surface area contributed by atoms with Crippen LogP contribution in [-0.2, 0) is 11.2 Å². The Labute approximate surface area is 123 Å². The Balaban J connectivity index is 2.13. The SMILES string of the molecule is CCOC(=O)c1cc(N)cnc1NC(C)Cc1ccco1. The van der Waals surface area contributed by atoms with Gasteiger partial charge in [0.05, 0.1) is 24.8 Å². The lowest BCUT2D eigenvalue weighted by Gasteiger charge is -2.16. The van der Waals surface area contributed by atoms with Gasteiger partial charge < -0.3 is 20.2 Å². The number of furan rings is 1. The number of esters is 1. The molecule has 2 rings (SSSR count). The van der Waals surface area contributed by atoms with E-state index in [1.165, 1.54) is 6.20 Å². The molecule has 0 saturated carbocycles. The molecule has 2 aromatic rings. The number of ether oxygens (including phenoxy) is 1. The molecule has 2 heterocycles. The maximum atomic E-state index is 11.9. The summed E-state index contributed by atoms with van der Waals surface area (Å²) < 4.78 is 10.3. The second-order valence-electron chi connectivity index (χ2n) is 4.71. The number of rotatable bonds is 6. The minimum Gasteiger partial charge on any atom is -0.469 e. The number of nitrogens with two attached hydrogens (primary N) is 1. The van der Waals surface area contributed by atoms with Crippen molar-refractivity contribution in [3.63, 3.8) is 0 Å².